The molecule has 0 N–H and O–H groups in total. The molecule has 152 valence electrons. The van der Waals surface area contributed by atoms with Crippen LogP contribution in [0.5, 0.6) is 17.2 Å². The zero-order valence-corrected chi connectivity index (χ0v) is 17.5. The van der Waals surface area contributed by atoms with Crippen molar-refractivity contribution in [3.63, 3.8) is 0 Å². The van der Waals surface area contributed by atoms with Gasteiger partial charge < -0.3 is 14.2 Å². The lowest BCUT2D eigenvalue weighted by atomic mass is 10.2. The minimum atomic E-state index is -0.312. The van der Waals surface area contributed by atoms with E-state index in [1.54, 1.807) is 19.6 Å². The summed E-state index contributed by atoms with van der Waals surface area (Å²) in [6.07, 6.45) is 0. The quantitative estimate of drug-likeness (QED) is 0.518. The number of methoxy groups -OCH3 is 2. The SMILES string of the molecule is COc1ccc(COc2ccc(-c3nc(C(=O)N(C)OC)cs3)c(OC)c2)cc1. The Morgan fingerprint density at radius 3 is 2.41 bits per heavy atom. The summed E-state index contributed by atoms with van der Waals surface area (Å²) in [7, 11) is 6.19. The van der Waals surface area contributed by atoms with E-state index < -0.39 is 0 Å². The minimum Gasteiger partial charge on any atom is -0.497 e. The van der Waals surface area contributed by atoms with Crippen LogP contribution in [0.4, 0.5) is 0 Å². The number of amides is 1. The first-order valence-electron chi connectivity index (χ1n) is 8.77. The molecule has 0 radical (unpaired) electrons. The predicted octanol–water partition coefficient (Wildman–Crippen LogP) is 4.04. The highest BCUT2D eigenvalue weighted by molar-refractivity contribution is 7.13. The number of benzene rings is 2. The summed E-state index contributed by atoms with van der Waals surface area (Å²) in [6.45, 7) is 0.422. The second-order valence-corrected chi connectivity index (χ2v) is 6.88. The standard InChI is InChI=1S/C21H22N2O5S/c1-23(27-4)21(24)18-13-29-20(22-18)17-10-9-16(11-19(17)26-3)28-12-14-5-7-15(25-2)8-6-14/h5-11,13H,12H2,1-4H3. The van der Waals surface area contributed by atoms with E-state index >= 15 is 0 Å². The Hall–Kier alpha value is -3.10. The van der Waals surface area contributed by atoms with Crippen molar-refractivity contribution < 1.29 is 23.8 Å². The van der Waals surface area contributed by atoms with Gasteiger partial charge in [-0.1, -0.05) is 12.1 Å². The van der Waals surface area contributed by atoms with Crippen molar-refractivity contribution >= 4 is 17.2 Å². The predicted molar refractivity (Wildman–Crippen MR) is 111 cm³/mol. The highest BCUT2D eigenvalue weighted by Gasteiger charge is 2.18. The Labute approximate surface area is 173 Å². The van der Waals surface area contributed by atoms with Gasteiger partial charge in [0, 0.05) is 18.5 Å². The van der Waals surface area contributed by atoms with Crippen molar-refractivity contribution in [1.29, 1.82) is 0 Å². The molecule has 0 saturated carbocycles. The van der Waals surface area contributed by atoms with E-state index in [1.165, 1.54) is 25.5 Å². The first-order valence-corrected chi connectivity index (χ1v) is 9.65. The van der Waals surface area contributed by atoms with E-state index in [4.69, 9.17) is 19.0 Å². The molecular formula is C21H22N2O5S. The normalized spacial score (nSPS) is 10.5. The first-order chi connectivity index (χ1) is 14.0. The molecule has 29 heavy (non-hydrogen) atoms. The summed E-state index contributed by atoms with van der Waals surface area (Å²) in [4.78, 5) is 21.5. The topological polar surface area (TPSA) is 70.1 Å². The summed E-state index contributed by atoms with van der Waals surface area (Å²) < 4.78 is 16.5. The Morgan fingerprint density at radius 1 is 1.03 bits per heavy atom. The van der Waals surface area contributed by atoms with Gasteiger partial charge in [-0.25, -0.2) is 10.0 Å². The van der Waals surface area contributed by atoms with Gasteiger partial charge in [0.05, 0.1) is 26.9 Å². The van der Waals surface area contributed by atoms with Gasteiger partial charge in [-0.3, -0.25) is 9.63 Å². The van der Waals surface area contributed by atoms with Crippen molar-refractivity contribution in [2.24, 2.45) is 0 Å². The number of rotatable bonds is 8. The summed E-state index contributed by atoms with van der Waals surface area (Å²) in [5, 5.41) is 3.50. The van der Waals surface area contributed by atoms with Crippen LogP contribution >= 0.6 is 11.3 Å². The Morgan fingerprint density at radius 2 is 1.76 bits per heavy atom. The fraction of sp³-hybridized carbons (Fsp3) is 0.238. The van der Waals surface area contributed by atoms with Crippen LogP contribution < -0.4 is 14.2 Å². The van der Waals surface area contributed by atoms with Gasteiger partial charge in [0.1, 0.15) is 34.6 Å². The number of carbonyl (C=O) groups excluding carboxylic acids is 1. The molecule has 0 bridgehead atoms. The summed E-state index contributed by atoms with van der Waals surface area (Å²) >= 11 is 1.36. The first kappa shape index (κ1) is 20.6. The molecule has 0 saturated heterocycles. The van der Waals surface area contributed by atoms with Crippen molar-refractivity contribution in [3.8, 4) is 27.8 Å². The van der Waals surface area contributed by atoms with Crippen LogP contribution in [-0.4, -0.2) is 44.3 Å². The van der Waals surface area contributed by atoms with Gasteiger partial charge in [0.25, 0.3) is 5.91 Å². The van der Waals surface area contributed by atoms with Crippen LogP contribution in [0.15, 0.2) is 47.8 Å². The van der Waals surface area contributed by atoms with Gasteiger partial charge in [0.15, 0.2) is 0 Å². The third-order valence-electron chi connectivity index (χ3n) is 4.25. The fourth-order valence-corrected chi connectivity index (χ4v) is 3.39. The molecule has 0 aliphatic rings. The van der Waals surface area contributed by atoms with Crippen LogP contribution in [0.25, 0.3) is 10.6 Å². The van der Waals surface area contributed by atoms with Crippen LogP contribution in [0.2, 0.25) is 0 Å². The van der Waals surface area contributed by atoms with Gasteiger partial charge in [-0.05, 0) is 29.8 Å². The molecule has 1 amide bonds. The van der Waals surface area contributed by atoms with E-state index in [-0.39, 0.29) is 5.91 Å². The van der Waals surface area contributed by atoms with Crippen LogP contribution in [0.3, 0.4) is 0 Å². The molecule has 0 atom stereocenters. The lowest BCUT2D eigenvalue weighted by Gasteiger charge is -2.12. The smallest absolute Gasteiger partial charge is 0.296 e. The van der Waals surface area contributed by atoms with Crippen molar-refractivity contribution in [2.45, 2.75) is 6.61 Å². The monoisotopic (exact) mass is 414 g/mol. The highest BCUT2D eigenvalue weighted by atomic mass is 32.1. The van der Waals surface area contributed by atoms with Crippen LogP contribution in [-0.2, 0) is 11.4 Å². The van der Waals surface area contributed by atoms with Gasteiger partial charge >= 0.3 is 0 Å². The molecule has 0 fully saturated rings. The van der Waals surface area contributed by atoms with Crippen molar-refractivity contribution in [3.05, 3.63) is 59.1 Å². The Bertz CT molecular complexity index is 971. The van der Waals surface area contributed by atoms with Gasteiger partial charge in [-0.2, -0.15) is 0 Å². The molecule has 3 rings (SSSR count). The maximum atomic E-state index is 12.2. The number of hydroxylamine groups is 2. The summed E-state index contributed by atoms with van der Waals surface area (Å²) in [5.74, 6) is 1.78. The van der Waals surface area contributed by atoms with E-state index in [0.29, 0.717) is 28.8 Å². The Balaban J connectivity index is 1.75. The number of aromatic nitrogens is 1. The number of thiazole rings is 1. The fourth-order valence-electron chi connectivity index (χ4n) is 2.57. The van der Waals surface area contributed by atoms with Crippen molar-refractivity contribution in [2.75, 3.05) is 28.4 Å². The molecular weight excluding hydrogens is 392 g/mol. The summed E-state index contributed by atoms with van der Waals surface area (Å²) in [5.41, 5.74) is 2.13. The number of hydrogen-bond acceptors (Lipinski definition) is 7. The molecule has 0 aliphatic carbocycles. The van der Waals surface area contributed by atoms with Gasteiger partial charge in [-0.15, -0.1) is 11.3 Å². The number of ether oxygens (including phenoxy) is 3. The highest BCUT2D eigenvalue weighted by Crippen LogP contribution is 2.35. The van der Waals surface area contributed by atoms with Crippen LogP contribution in [0, 0.1) is 0 Å². The second-order valence-electron chi connectivity index (χ2n) is 6.02. The second kappa shape index (κ2) is 9.40. The van der Waals surface area contributed by atoms with E-state index in [0.717, 1.165) is 21.9 Å². The maximum Gasteiger partial charge on any atom is 0.296 e. The molecule has 3 aromatic rings. The van der Waals surface area contributed by atoms with Crippen LogP contribution in [0.1, 0.15) is 16.1 Å². The van der Waals surface area contributed by atoms with Crippen molar-refractivity contribution in [1.82, 2.24) is 10.0 Å². The maximum absolute atomic E-state index is 12.2. The number of hydrogen-bond donors (Lipinski definition) is 0. The third kappa shape index (κ3) is 4.85. The molecule has 0 spiro atoms. The minimum absolute atomic E-state index is 0.312. The third-order valence-corrected chi connectivity index (χ3v) is 5.13. The molecule has 1 heterocycles. The molecule has 1 aromatic heterocycles. The summed E-state index contributed by atoms with van der Waals surface area (Å²) in [6, 6.07) is 13.2. The average molecular weight is 414 g/mol. The number of carbonyl (C=O) groups is 1. The lowest BCUT2D eigenvalue weighted by molar-refractivity contribution is -0.0760. The zero-order chi connectivity index (χ0) is 20.8. The van der Waals surface area contributed by atoms with E-state index in [1.807, 2.05) is 42.5 Å². The lowest BCUT2D eigenvalue weighted by Crippen LogP contribution is -2.25. The Kier molecular flexibility index (Phi) is 6.69. The van der Waals surface area contributed by atoms with E-state index in [9.17, 15) is 4.79 Å². The largest absolute Gasteiger partial charge is 0.497 e. The zero-order valence-electron chi connectivity index (χ0n) is 16.7. The van der Waals surface area contributed by atoms with Gasteiger partial charge in [0.2, 0.25) is 0 Å². The average Bonchev–Trinajstić information content (AvgIpc) is 3.26. The molecule has 0 aliphatic heterocycles. The molecule has 8 heteroatoms. The molecule has 2 aromatic carbocycles. The molecule has 7 nitrogen and oxygen atoms in total. The molecule has 0 unspecified atom stereocenters. The number of nitrogens with zero attached hydrogens (tertiary/aromatic N) is 2. The van der Waals surface area contributed by atoms with E-state index in [2.05, 4.69) is 4.98 Å².